The van der Waals surface area contributed by atoms with E-state index in [9.17, 15) is 33.1 Å². The Kier molecular flexibility index (Phi) is 8.11. The molecule has 1 fully saturated rings. The van der Waals surface area contributed by atoms with E-state index in [2.05, 4.69) is 5.32 Å². The Balaban J connectivity index is 2.10. The summed E-state index contributed by atoms with van der Waals surface area (Å²) >= 11 is 0.999. The van der Waals surface area contributed by atoms with Crippen molar-refractivity contribution in [2.75, 3.05) is 5.75 Å². The number of esters is 1. The number of nitrogens with zero attached hydrogens (tertiary/aromatic N) is 1. The van der Waals surface area contributed by atoms with Gasteiger partial charge in [-0.05, 0) is 32.4 Å². The van der Waals surface area contributed by atoms with Crippen LogP contribution in [0.2, 0.25) is 0 Å². The molecule has 0 radical (unpaired) electrons. The summed E-state index contributed by atoms with van der Waals surface area (Å²) in [5.41, 5.74) is 1.90. The van der Waals surface area contributed by atoms with Crippen molar-refractivity contribution < 1.29 is 37.8 Å². The summed E-state index contributed by atoms with van der Waals surface area (Å²) in [6.45, 7) is 4.89. The van der Waals surface area contributed by atoms with Gasteiger partial charge in [0.2, 0.25) is 5.91 Å². The highest BCUT2D eigenvalue weighted by Crippen LogP contribution is 2.44. The Hall–Kier alpha value is -3.67. The molecule has 0 aliphatic carbocycles. The van der Waals surface area contributed by atoms with Crippen molar-refractivity contribution in [1.29, 1.82) is 0 Å². The fourth-order valence-electron chi connectivity index (χ4n) is 4.04. The van der Waals surface area contributed by atoms with E-state index in [-0.39, 0.29) is 16.9 Å². The second-order valence-electron chi connectivity index (χ2n) is 9.42. The molecule has 1 heterocycles. The number of halogens is 2. The summed E-state index contributed by atoms with van der Waals surface area (Å²) in [7, 11) is 0. The van der Waals surface area contributed by atoms with Gasteiger partial charge in [-0.3, -0.25) is 4.79 Å². The van der Waals surface area contributed by atoms with Crippen LogP contribution in [0.1, 0.15) is 43.7 Å². The monoisotopic (exact) mass is 535 g/mol. The minimum absolute atomic E-state index is 0.0179. The summed E-state index contributed by atoms with van der Waals surface area (Å²) in [6.07, 6.45) is -0.872. The SMILES string of the molecule is CC(C)(C)OC(=O)C1CSC(c2cccc(F)c2F)N1C(=O)CC(NC(N)=O)(C(=O)O)c1ccccc1. The number of carboxylic acid groups (broad SMARTS) is 1. The molecule has 3 amide bonds. The number of rotatable bonds is 7. The molecule has 3 rings (SSSR count). The van der Waals surface area contributed by atoms with Gasteiger partial charge in [0, 0.05) is 11.3 Å². The smallest absolute Gasteiger partial charge is 0.334 e. The summed E-state index contributed by atoms with van der Waals surface area (Å²) < 4.78 is 34.3. The number of primary amides is 1. The van der Waals surface area contributed by atoms with Gasteiger partial charge >= 0.3 is 18.0 Å². The van der Waals surface area contributed by atoms with Crippen LogP contribution >= 0.6 is 11.8 Å². The molecule has 2 aromatic carbocycles. The van der Waals surface area contributed by atoms with Gasteiger partial charge < -0.3 is 25.8 Å². The van der Waals surface area contributed by atoms with Gasteiger partial charge in [-0.25, -0.2) is 23.2 Å². The van der Waals surface area contributed by atoms with Crippen LogP contribution < -0.4 is 11.1 Å². The number of carboxylic acids is 1. The van der Waals surface area contributed by atoms with E-state index >= 15 is 0 Å². The normalized spacial score (nSPS) is 19.1. The number of nitrogens with two attached hydrogens (primary N) is 1. The number of ether oxygens (including phenoxy) is 1. The molecule has 1 aliphatic rings. The first-order chi connectivity index (χ1) is 17.3. The number of nitrogens with one attached hydrogen (secondary N) is 1. The second-order valence-corrected chi connectivity index (χ2v) is 10.5. The standard InChI is InChI=1S/C25H27F2N3O6S/c1-24(2,3)36-21(32)17-13-37-20(15-10-7-11-16(26)19(15)27)30(17)18(31)12-25(22(33)34,29-23(28)35)14-8-5-4-6-9-14/h4-11,17,20H,12-13H2,1-3H3,(H,33,34)(H3,28,29,35). The molecule has 9 nitrogen and oxygen atoms in total. The van der Waals surface area contributed by atoms with Crippen LogP contribution in [-0.2, 0) is 24.7 Å². The molecule has 1 saturated heterocycles. The number of aliphatic carboxylic acids is 1. The molecule has 2 aromatic rings. The molecule has 37 heavy (non-hydrogen) atoms. The zero-order valence-electron chi connectivity index (χ0n) is 20.4. The third kappa shape index (κ3) is 6.01. The maximum Gasteiger partial charge on any atom is 0.334 e. The number of carbonyl (C=O) groups is 4. The Morgan fingerprint density at radius 3 is 2.32 bits per heavy atom. The van der Waals surface area contributed by atoms with Crippen LogP contribution in [0.4, 0.5) is 13.6 Å². The van der Waals surface area contributed by atoms with Gasteiger partial charge in [-0.1, -0.05) is 42.5 Å². The van der Waals surface area contributed by atoms with Crippen LogP contribution in [0, 0.1) is 11.6 Å². The molecule has 1 aliphatic heterocycles. The average molecular weight is 536 g/mol. The number of thioether (sulfide) groups is 1. The maximum absolute atomic E-state index is 14.8. The molecule has 12 heteroatoms. The average Bonchev–Trinajstić information content (AvgIpc) is 3.25. The van der Waals surface area contributed by atoms with E-state index in [1.807, 2.05) is 0 Å². The van der Waals surface area contributed by atoms with E-state index in [0.717, 1.165) is 22.7 Å². The first-order valence-corrected chi connectivity index (χ1v) is 12.3. The zero-order valence-corrected chi connectivity index (χ0v) is 21.2. The summed E-state index contributed by atoms with van der Waals surface area (Å²) in [5, 5.41) is 11.1. The fourth-order valence-corrected chi connectivity index (χ4v) is 5.48. The maximum atomic E-state index is 14.8. The van der Waals surface area contributed by atoms with Gasteiger partial charge in [0.05, 0.1) is 6.42 Å². The lowest BCUT2D eigenvalue weighted by atomic mass is 9.85. The second kappa shape index (κ2) is 10.8. The number of amides is 3. The largest absolute Gasteiger partial charge is 0.479 e. The molecule has 4 N–H and O–H groups in total. The van der Waals surface area contributed by atoms with Crippen molar-refractivity contribution in [2.24, 2.45) is 5.73 Å². The van der Waals surface area contributed by atoms with E-state index in [4.69, 9.17) is 10.5 Å². The third-order valence-electron chi connectivity index (χ3n) is 5.60. The molecule has 0 saturated carbocycles. The number of benzene rings is 2. The first-order valence-electron chi connectivity index (χ1n) is 11.2. The van der Waals surface area contributed by atoms with Crippen molar-refractivity contribution in [1.82, 2.24) is 10.2 Å². The first kappa shape index (κ1) is 27.9. The number of hydrogen-bond acceptors (Lipinski definition) is 6. The molecule has 0 aromatic heterocycles. The Morgan fingerprint density at radius 2 is 1.76 bits per heavy atom. The summed E-state index contributed by atoms with van der Waals surface area (Å²) in [6, 6.07) is 8.44. The van der Waals surface area contributed by atoms with E-state index in [0.29, 0.717) is 0 Å². The Morgan fingerprint density at radius 1 is 1.11 bits per heavy atom. The molecule has 0 spiro atoms. The lowest BCUT2D eigenvalue weighted by molar-refractivity contribution is -0.164. The lowest BCUT2D eigenvalue weighted by Crippen LogP contribution is -2.57. The molecule has 198 valence electrons. The van der Waals surface area contributed by atoms with Crippen LogP contribution in [0.25, 0.3) is 0 Å². The predicted octanol–water partition coefficient (Wildman–Crippen LogP) is 3.29. The van der Waals surface area contributed by atoms with Gasteiger partial charge in [0.25, 0.3) is 0 Å². The fraction of sp³-hybridized carbons (Fsp3) is 0.360. The Bertz CT molecular complexity index is 1210. The molecule has 3 unspecified atom stereocenters. The lowest BCUT2D eigenvalue weighted by Gasteiger charge is -2.35. The van der Waals surface area contributed by atoms with Gasteiger partial charge in [-0.2, -0.15) is 0 Å². The highest BCUT2D eigenvalue weighted by atomic mass is 32.2. The Labute approximate surface area is 216 Å². The van der Waals surface area contributed by atoms with Crippen LogP contribution in [0.5, 0.6) is 0 Å². The van der Waals surface area contributed by atoms with Crippen molar-refractivity contribution in [3.8, 4) is 0 Å². The molecular weight excluding hydrogens is 508 g/mol. The van der Waals surface area contributed by atoms with E-state index in [1.54, 1.807) is 26.8 Å². The number of carbonyl (C=O) groups excluding carboxylic acids is 3. The van der Waals surface area contributed by atoms with E-state index in [1.165, 1.54) is 36.4 Å². The molecule has 0 bridgehead atoms. The van der Waals surface area contributed by atoms with Gasteiger partial charge in [0.1, 0.15) is 17.0 Å². The summed E-state index contributed by atoms with van der Waals surface area (Å²) in [4.78, 5) is 52.2. The highest BCUT2D eigenvalue weighted by molar-refractivity contribution is 7.99. The molecule has 3 atom stereocenters. The quantitative estimate of drug-likeness (QED) is 0.463. The topological polar surface area (TPSA) is 139 Å². The van der Waals surface area contributed by atoms with Gasteiger partial charge in [-0.15, -0.1) is 11.8 Å². The van der Waals surface area contributed by atoms with Crippen LogP contribution in [-0.4, -0.2) is 51.3 Å². The van der Waals surface area contributed by atoms with Gasteiger partial charge in [0.15, 0.2) is 17.2 Å². The van der Waals surface area contributed by atoms with Crippen molar-refractivity contribution in [3.63, 3.8) is 0 Å². The van der Waals surface area contributed by atoms with Crippen molar-refractivity contribution in [2.45, 2.75) is 49.7 Å². The highest BCUT2D eigenvalue weighted by Gasteiger charge is 2.50. The van der Waals surface area contributed by atoms with Crippen LogP contribution in [0.15, 0.2) is 48.5 Å². The zero-order chi connectivity index (χ0) is 27.5. The predicted molar refractivity (Wildman–Crippen MR) is 131 cm³/mol. The number of hydrogen-bond donors (Lipinski definition) is 3. The summed E-state index contributed by atoms with van der Waals surface area (Å²) in [5.74, 6) is -5.67. The van der Waals surface area contributed by atoms with Crippen molar-refractivity contribution >= 4 is 35.6 Å². The van der Waals surface area contributed by atoms with E-state index < -0.39 is 64.5 Å². The minimum atomic E-state index is -2.30. The molecular formula is C25H27F2N3O6S. The van der Waals surface area contributed by atoms with Crippen molar-refractivity contribution in [3.05, 3.63) is 71.3 Å². The third-order valence-corrected chi connectivity index (χ3v) is 6.90. The minimum Gasteiger partial charge on any atom is -0.479 e. The number of urea groups is 1. The van der Waals surface area contributed by atoms with Crippen LogP contribution in [0.3, 0.4) is 0 Å².